The zero-order valence-electron chi connectivity index (χ0n) is 10.8. The Kier molecular flexibility index (Phi) is 4.14. The summed E-state index contributed by atoms with van der Waals surface area (Å²) in [6, 6.07) is 7.10. The van der Waals surface area contributed by atoms with Crippen LogP contribution in [0.5, 0.6) is 5.88 Å². The van der Waals surface area contributed by atoms with E-state index in [1.54, 1.807) is 18.3 Å². The Morgan fingerprint density at radius 2 is 2.20 bits per heavy atom. The Morgan fingerprint density at radius 1 is 1.40 bits per heavy atom. The minimum atomic E-state index is -1.09. The molecule has 5 nitrogen and oxygen atoms in total. The zero-order valence-corrected chi connectivity index (χ0v) is 10.8. The van der Waals surface area contributed by atoms with E-state index in [1.807, 2.05) is 0 Å². The lowest BCUT2D eigenvalue weighted by Gasteiger charge is -2.08. The fourth-order valence-electron chi connectivity index (χ4n) is 1.65. The van der Waals surface area contributed by atoms with Crippen molar-refractivity contribution in [1.82, 2.24) is 4.98 Å². The maximum Gasteiger partial charge on any atom is 0.335 e. The number of ether oxygens (including phenoxy) is 1. The quantitative estimate of drug-likeness (QED) is 0.878. The van der Waals surface area contributed by atoms with Crippen molar-refractivity contribution in [3.63, 3.8) is 0 Å². The van der Waals surface area contributed by atoms with Crippen molar-refractivity contribution in [2.24, 2.45) is 0 Å². The van der Waals surface area contributed by atoms with Gasteiger partial charge in [-0.15, -0.1) is 0 Å². The van der Waals surface area contributed by atoms with Gasteiger partial charge in [0.15, 0.2) is 0 Å². The number of hydrogen-bond donors (Lipinski definition) is 2. The lowest BCUT2D eigenvalue weighted by atomic mass is 10.1. The number of nitrogens with one attached hydrogen (secondary N) is 1. The van der Waals surface area contributed by atoms with E-state index in [4.69, 9.17) is 9.84 Å². The van der Waals surface area contributed by atoms with Crippen LogP contribution in [0.3, 0.4) is 0 Å². The summed E-state index contributed by atoms with van der Waals surface area (Å²) in [7, 11) is 1.52. The zero-order chi connectivity index (χ0) is 14.5. The van der Waals surface area contributed by atoms with Crippen molar-refractivity contribution in [3.05, 3.63) is 53.5 Å². The Labute approximate surface area is 115 Å². The van der Waals surface area contributed by atoms with E-state index in [1.165, 1.54) is 19.2 Å². The van der Waals surface area contributed by atoms with Crippen molar-refractivity contribution >= 4 is 11.7 Å². The van der Waals surface area contributed by atoms with Gasteiger partial charge in [-0.2, -0.15) is 0 Å². The molecule has 0 atom stereocenters. The summed E-state index contributed by atoms with van der Waals surface area (Å²) >= 11 is 0. The summed E-state index contributed by atoms with van der Waals surface area (Å²) < 4.78 is 18.5. The number of nitrogens with zero attached hydrogens (tertiary/aromatic N) is 1. The first-order chi connectivity index (χ1) is 9.60. The summed E-state index contributed by atoms with van der Waals surface area (Å²) in [5.41, 5.74) is 1.02. The molecule has 20 heavy (non-hydrogen) atoms. The first kappa shape index (κ1) is 13.8. The molecule has 6 heteroatoms. The smallest absolute Gasteiger partial charge is 0.335 e. The van der Waals surface area contributed by atoms with Gasteiger partial charge in [-0.25, -0.2) is 14.2 Å². The van der Waals surface area contributed by atoms with Gasteiger partial charge in [-0.05, 0) is 24.3 Å². The maximum atomic E-state index is 13.6. The van der Waals surface area contributed by atoms with E-state index in [2.05, 4.69) is 10.3 Å². The van der Waals surface area contributed by atoms with Gasteiger partial charge < -0.3 is 15.2 Å². The number of aromatic carboxylic acids is 1. The lowest BCUT2D eigenvalue weighted by Crippen LogP contribution is -2.05. The van der Waals surface area contributed by atoms with E-state index in [9.17, 15) is 9.18 Å². The van der Waals surface area contributed by atoms with Crippen LogP contribution in [0, 0.1) is 5.82 Å². The van der Waals surface area contributed by atoms with Crippen LogP contribution in [-0.4, -0.2) is 23.2 Å². The van der Waals surface area contributed by atoms with Crippen LogP contribution in [0.15, 0.2) is 36.5 Å². The van der Waals surface area contributed by atoms with Crippen LogP contribution in [0.1, 0.15) is 15.9 Å². The molecule has 0 aliphatic rings. The van der Waals surface area contributed by atoms with E-state index in [0.717, 1.165) is 6.07 Å². The van der Waals surface area contributed by atoms with Gasteiger partial charge in [0.1, 0.15) is 5.82 Å². The third kappa shape index (κ3) is 3.23. The number of rotatable bonds is 5. The standard InChI is InChI=1S/C14H13FN2O3/c1-20-13-5-3-11(8-17-13)16-7-10-6-9(14(18)19)2-4-12(10)15/h2-6,8,16H,7H2,1H3,(H,18,19). The lowest BCUT2D eigenvalue weighted by molar-refractivity contribution is 0.0696. The normalized spacial score (nSPS) is 10.1. The number of halogens is 1. The summed E-state index contributed by atoms with van der Waals surface area (Å²) in [6.07, 6.45) is 1.55. The molecule has 0 saturated carbocycles. The first-order valence-corrected chi connectivity index (χ1v) is 5.86. The van der Waals surface area contributed by atoms with Gasteiger partial charge in [0.25, 0.3) is 0 Å². The number of methoxy groups -OCH3 is 1. The Balaban J connectivity index is 2.09. The summed E-state index contributed by atoms with van der Waals surface area (Å²) in [5.74, 6) is -1.06. The highest BCUT2D eigenvalue weighted by Gasteiger charge is 2.08. The third-order valence-corrected chi connectivity index (χ3v) is 2.72. The van der Waals surface area contributed by atoms with Gasteiger partial charge in [-0.3, -0.25) is 0 Å². The molecule has 0 bridgehead atoms. The molecule has 0 radical (unpaired) electrons. The number of hydrogen-bond acceptors (Lipinski definition) is 4. The summed E-state index contributed by atoms with van der Waals surface area (Å²) in [5, 5.41) is 11.8. The Bertz CT molecular complexity index is 614. The molecular formula is C14H13FN2O3. The van der Waals surface area contributed by atoms with E-state index in [0.29, 0.717) is 11.6 Å². The molecule has 0 aliphatic carbocycles. The molecule has 2 N–H and O–H groups in total. The molecule has 104 valence electrons. The highest BCUT2D eigenvalue weighted by atomic mass is 19.1. The number of aromatic nitrogens is 1. The number of carbonyl (C=O) groups is 1. The van der Waals surface area contributed by atoms with E-state index < -0.39 is 11.8 Å². The maximum absolute atomic E-state index is 13.6. The molecule has 0 aliphatic heterocycles. The fourth-order valence-corrected chi connectivity index (χ4v) is 1.65. The van der Waals surface area contributed by atoms with Gasteiger partial charge in [0.05, 0.1) is 24.6 Å². The molecule has 2 rings (SSSR count). The van der Waals surface area contributed by atoms with Gasteiger partial charge >= 0.3 is 5.97 Å². The molecule has 0 saturated heterocycles. The average molecular weight is 276 g/mol. The van der Waals surface area contributed by atoms with Crippen LogP contribution in [0.4, 0.5) is 10.1 Å². The second-order valence-electron chi connectivity index (χ2n) is 4.05. The number of pyridine rings is 1. The van der Waals surface area contributed by atoms with Gasteiger partial charge in [0.2, 0.25) is 5.88 Å². The van der Waals surface area contributed by atoms with Crippen LogP contribution < -0.4 is 10.1 Å². The van der Waals surface area contributed by atoms with Crippen LogP contribution in [-0.2, 0) is 6.54 Å². The van der Waals surface area contributed by atoms with Crippen LogP contribution in [0.2, 0.25) is 0 Å². The minimum Gasteiger partial charge on any atom is -0.481 e. The third-order valence-electron chi connectivity index (χ3n) is 2.72. The van der Waals surface area contributed by atoms with Crippen molar-refractivity contribution in [1.29, 1.82) is 0 Å². The second-order valence-corrected chi connectivity index (χ2v) is 4.05. The molecule has 0 fully saturated rings. The largest absolute Gasteiger partial charge is 0.481 e. The van der Waals surface area contributed by atoms with E-state index >= 15 is 0 Å². The predicted molar refractivity (Wildman–Crippen MR) is 71.5 cm³/mol. The molecular weight excluding hydrogens is 263 g/mol. The fraction of sp³-hybridized carbons (Fsp3) is 0.143. The summed E-state index contributed by atoms with van der Waals surface area (Å²) in [6.45, 7) is 0.168. The molecule has 1 heterocycles. The van der Waals surface area contributed by atoms with Crippen LogP contribution >= 0.6 is 0 Å². The molecule has 0 spiro atoms. The number of benzene rings is 1. The molecule has 0 unspecified atom stereocenters. The van der Waals surface area contributed by atoms with E-state index in [-0.39, 0.29) is 17.7 Å². The van der Waals surface area contributed by atoms with Crippen molar-refractivity contribution in [2.45, 2.75) is 6.54 Å². The summed E-state index contributed by atoms with van der Waals surface area (Å²) in [4.78, 5) is 14.8. The molecule has 1 aromatic carbocycles. The Morgan fingerprint density at radius 3 is 2.80 bits per heavy atom. The minimum absolute atomic E-state index is 0.0519. The predicted octanol–water partition coefficient (Wildman–Crippen LogP) is 2.54. The van der Waals surface area contributed by atoms with Crippen molar-refractivity contribution in [2.75, 3.05) is 12.4 Å². The van der Waals surface area contributed by atoms with Gasteiger partial charge in [-0.1, -0.05) is 0 Å². The first-order valence-electron chi connectivity index (χ1n) is 5.86. The van der Waals surface area contributed by atoms with Crippen molar-refractivity contribution in [3.8, 4) is 5.88 Å². The highest BCUT2D eigenvalue weighted by Crippen LogP contribution is 2.15. The van der Waals surface area contributed by atoms with Crippen molar-refractivity contribution < 1.29 is 19.0 Å². The molecule has 1 aromatic heterocycles. The van der Waals surface area contributed by atoms with Gasteiger partial charge in [0, 0.05) is 18.2 Å². The highest BCUT2D eigenvalue weighted by molar-refractivity contribution is 5.87. The molecule has 2 aromatic rings. The second kappa shape index (κ2) is 6.01. The topological polar surface area (TPSA) is 71.5 Å². The number of carboxylic acid groups (broad SMARTS) is 1. The average Bonchev–Trinajstić information content (AvgIpc) is 2.46. The SMILES string of the molecule is COc1ccc(NCc2cc(C(=O)O)ccc2F)cn1. The molecule has 0 amide bonds. The Hall–Kier alpha value is -2.63. The number of anilines is 1. The number of carboxylic acids is 1. The van der Waals surface area contributed by atoms with Crippen LogP contribution in [0.25, 0.3) is 0 Å². The monoisotopic (exact) mass is 276 g/mol.